The SMILES string of the molecule is CCc1nc(Cc2ccccc2)c(C)[nH]1. The Hall–Kier alpha value is -1.57. The molecule has 15 heavy (non-hydrogen) atoms. The molecule has 0 spiro atoms. The van der Waals surface area contributed by atoms with Crippen molar-refractivity contribution in [2.45, 2.75) is 26.7 Å². The van der Waals surface area contributed by atoms with Crippen LogP contribution >= 0.6 is 0 Å². The highest BCUT2D eigenvalue weighted by atomic mass is 14.9. The number of aryl methyl sites for hydroxylation is 2. The molecular weight excluding hydrogens is 184 g/mol. The number of H-pyrrole nitrogens is 1. The molecule has 0 fully saturated rings. The highest BCUT2D eigenvalue weighted by Crippen LogP contribution is 2.11. The number of nitrogens with one attached hydrogen (secondary N) is 1. The zero-order valence-corrected chi connectivity index (χ0v) is 9.25. The van der Waals surface area contributed by atoms with Crippen LogP contribution in [0.3, 0.4) is 0 Å². The number of benzene rings is 1. The average molecular weight is 200 g/mol. The van der Waals surface area contributed by atoms with Gasteiger partial charge in [0, 0.05) is 18.5 Å². The van der Waals surface area contributed by atoms with E-state index in [1.54, 1.807) is 0 Å². The summed E-state index contributed by atoms with van der Waals surface area (Å²) in [4.78, 5) is 7.87. The van der Waals surface area contributed by atoms with Crippen LogP contribution in [0.4, 0.5) is 0 Å². The van der Waals surface area contributed by atoms with Crippen molar-refractivity contribution in [3.63, 3.8) is 0 Å². The van der Waals surface area contributed by atoms with Crippen LogP contribution in [0.5, 0.6) is 0 Å². The second kappa shape index (κ2) is 4.30. The van der Waals surface area contributed by atoms with Crippen LogP contribution in [0.2, 0.25) is 0 Å². The minimum Gasteiger partial charge on any atom is -0.346 e. The third-order valence-corrected chi connectivity index (χ3v) is 2.58. The van der Waals surface area contributed by atoms with E-state index < -0.39 is 0 Å². The molecule has 0 atom stereocenters. The Labute approximate surface area is 90.4 Å². The Kier molecular flexibility index (Phi) is 2.86. The van der Waals surface area contributed by atoms with Crippen molar-refractivity contribution in [1.82, 2.24) is 9.97 Å². The van der Waals surface area contributed by atoms with Gasteiger partial charge >= 0.3 is 0 Å². The molecule has 0 aliphatic heterocycles. The van der Waals surface area contributed by atoms with E-state index in [0.29, 0.717) is 0 Å². The summed E-state index contributed by atoms with van der Waals surface area (Å²) in [7, 11) is 0. The van der Waals surface area contributed by atoms with Gasteiger partial charge in [-0.25, -0.2) is 4.98 Å². The molecule has 0 saturated heterocycles. The lowest BCUT2D eigenvalue weighted by atomic mass is 10.1. The van der Waals surface area contributed by atoms with Crippen LogP contribution in [-0.4, -0.2) is 9.97 Å². The van der Waals surface area contributed by atoms with Crippen LogP contribution in [0.15, 0.2) is 30.3 Å². The summed E-state index contributed by atoms with van der Waals surface area (Å²) in [6.07, 6.45) is 1.89. The molecule has 0 bridgehead atoms. The Bertz CT molecular complexity index is 429. The molecule has 2 heteroatoms. The number of aromatic amines is 1. The number of aromatic nitrogens is 2. The number of hydrogen-bond donors (Lipinski definition) is 1. The lowest BCUT2D eigenvalue weighted by Gasteiger charge is -1.98. The first-order valence-electron chi connectivity index (χ1n) is 5.38. The fraction of sp³-hybridized carbons (Fsp3) is 0.308. The Morgan fingerprint density at radius 1 is 1.20 bits per heavy atom. The largest absolute Gasteiger partial charge is 0.346 e. The topological polar surface area (TPSA) is 28.7 Å². The smallest absolute Gasteiger partial charge is 0.106 e. The minimum absolute atomic E-state index is 0.920. The van der Waals surface area contributed by atoms with E-state index in [1.807, 2.05) is 6.07 Å². The lowest BCUT2D eigenvalue weighted by Crippen LogP contribution is -1.90. The Morgan fingerprint density at radius 2 is 1.93 bits per heavy atom. The normalized spacial score (nSPS) is 10.5. The summed E-state index contributed by atoms with van der Waals surface area (Å²) < 4.78 is 0. The van der Waals surface area contributed by atoms with E-state index in [0.717, 1.165) is 24.4 Å². The van der Waals surface area contributed by atoms with Gasteiger partial charge in [0.15, 0.2) is 0 Å². The van der Waals surface area contributed by atoms with Crippen molar-refractivity contribution < 1.29 is 0 Å². The molecule has 2 aromatic rings. The molecular formula is C13H16N2. The Morgan fingerprint density at radius 3 is 2.53 bits per heavy atom. The number of imidazole rings is 1. The summed E-state index contributed by atoms with van der Waals surface area (Å²) in [6, 6.07) is 10.5. The molecule has 2 rings (SSSR count). The fourth-order valence-electron chi connectivity index (χ4n) is 1.69. The maximum atomic E-state index is 4.57. The quantitative estimate of drug-likeness (QED) is 0.810. The van der Waals surface area contributed by atoms with Gasteiger partial charge < -0.3 is 4.98 Å². The summed E-state index contributed by atoms with van der Waals surface area (Å²) in [5, 5.41) is 0. The van der Waals surface area contributed by atoms with E-state index in [1.165, 1.54) is 11.3 Å². The van der Waals surface area contributed by atoms with Crippen LogP contribution in [0.25, 0.3) is 0 Å². The summed E-state index contributed by atoms with van der Waals surface area (Å²) in [5.41, 5.74) is 3.67. The van der Waals surface area contributed by atoms with E-state index in [4.69, 9.17) is 0 Å². The predicted molar refractivity (Wildman–Crippen MR) is 62.0 cm³/mol. The maximum Gasteiger partial charge on any atom is 0.106 e. The van der Waals surface area contributed by atoms with Gasteiger partial charge in [0.25, 0.3) is 0 Å². The molecule has 1 aromatic heterocycles. The molecule has 1 aromatic carbocycles. The van der Waals surface area contributed by atoms with Gasteiger partial charge in [-0.15, -0.1) is 0 Å². The van der Waals surface area contributed by atoms with Crippen molar-refractivity contribution in [1.29, 1.82) is 0 Å². The summed E-state index contributed by atoms with van der Waals surface area (Å²) in [6.45, 7) is 4.20. The first-order valence-corrected chi connectivity index (χ1v) is 5.38. The van der Waals surface area contributed by atoms with Gasteiger partial charge in [0.2, 0.25) is 0 Å². The molecule has 0 aliphatic carbocycles. The predicted octanol–water partition coefficient (Wildman–Crippen LogP) is 2.87. The van der Waals surface area contributed by atoms with Crippen LogP contribution in [0.1, 0.15) is 29.7 Å². The molecule has 2 nitrogen and oxygen atoms in total. The van der Waals surface area contributed by atoms with E-state index >= 15 is 0 Å². The molecule has 0 radical (unpaired) electrons. The summed E-state index contributed by atoms with van der Waals surface area (Å²) >= 11 is 0. The first kappa shape index (κ1) is 9.97. The van der Waals surface area contributed by atoms with Crippen molar-refractivity contribution in [2.75, 3.05) is 0 Å². The maximum absolute atomic E-state index is 4.57. The zero-order valence-electron chi connectivity index (χ0n) is 9.25. The molecule has 0 aliphatic rings. The van der Waals surface area contributed by atoms with Gasteiger partial charge in [-0.2, -0.15) is 0 Å². The van der Waals surface area contributed by atoms with E-state index in [-0.39, 0.29) is 0 Å². The molecule has 78 valence electrons. The van der Waals surface area contributed by atoms with Crippen molar-refractivity contribution in [3.8, 4) is 0 Å². The molecule has 1 N–H and O–H groups in total. The zero-order chi connectivity index (χ0) is 10.7. The van der Waals surface area contributed by atoms with E-state index in [9.17, 15) is 0 Å². The van der Waals surface area contributed by atoms with Crippen LogP contribution in [-0.2, 0) is 12.8 Å². The van der Waals surface area contributed by atoms with Crippen LogP contribution < -0.4 is 0 Å². The highest BCUT2D eigenvalue weighted by Gasteiger charge is 2.05. The monoisotopic (exact) mass is 200 g/mol. The van der Waals surface area contributed by atoms with Crippen molar-refractivity contribution >= 4 is 0 Å². The van der Waals surface area contributed by atoms with Gasteiger partial charge in [-0.1, -0.05) is 37.3 Å². The van der Waals surface area contributed by atoms with Gasteiger partial charge in [-0.05, 0) is 12.5 Å². The molecule has 0 unspecified atom stereocenters. The van der Waals surface area contributed by atoms with Crippen LogP contribution in [0, 0.1) is 6.92 Å². The second-order valence-electron chi connectivity index (χ2n) is 3.77. The van der Waals surface area contributed by atoms with Gasteiger partial charge in [0.1, 0.15) is 5.82 Å². The molecule has 0 amide bonds. The first-order chi connectivity index (χ1) is 7.29. The lowest BCUT2D eigenvalue weighted by molar-refractivity contribution is 0.969. The summed E-state index contributed by atoms with van der Waals surface area (Å²) in [5.74, 6) is 1.08. The third-order valence-electron chi connectivity index (χ3n) is 2.58. The standard InChI is InChI=1S/C13H16N2/c1-3-13-14-10(2)12(15-13)9-11-7-5-4-6-8-11/h4-8H,3,9H2,1-2H3,(H,14,15). The fourth-order valence-corrected chi connectivity index (χ4v) is 1.69. The minimum atomic E-state index is 0.920. The Balaban J connectivity index is 2.21. The van der Waals surface area contributed by atoms with Crippen molar-refractivity contribution in [2.24, 2.45) is 0 Å². The second-order valence-corrected chi connectivity index (χ2v) is 3.77. The highest BCUT2D eigenvalue weighted by molar-refractivity contribution is 5.24. The average Bonchev–Trinajstić information content (AvgIpc) is 2.61. The van der Waals surface area contributed by atoms with Gasteiger partial charge in [-0.3, -0.25) is 0 Å². The molecule has 1 heterocycles. The van der Waals surface area contributed by atoms with E-state index in [2.05, 4.69) is 48.1 Å². The number of rotatable bonds is 3. The van der Waals surface area contributed by atoms with Gasteiger partial charge in [0.05, 0.1) is 5.69 Å². The number of nitrogens with zero attached hydrogens (tertiary/aromatic N) is 1. The van der Waals surface area contributed by atoms with Crippen molar-refractivity contribution in [3.05, 3.63) is 53.1 Å². The number of hydrogen-bond acceptors (Lipinski definition) is 1. The molecule has 0 saturated carbocycles. The third kappa shape index (κ3) is 2.27.